The Balaban J connectivity index is 0. The van der Waals surface area contributed by atoms with Gasteiger partial charge in [-0.2, -0.15) is 0 Å². The minimum absolute atomic E-state index is 0. The predicted octanol–water partition coefficient (Wildman–Crippen LogP) is -4.57. The van der Waals surface area contributed by atoms with Crippen molar-refractivity contribution in [3.63, 3.8) is 0 Å². The third-order valence-corrected chi connectivity index (χ3v) is 0.335. The molecule has 0 radical (unpaired) electrons. The van der Waals surface area contributed by atoms with Crippen LogP contribution < -0.4 is 56.3 Å². The molecule has 0 aliphatic carbocycles. The first-order valence-electron chi connectivity index (χ1n) is 0.928. The minimum atomic E-state index is -4.61. The molecule has 7 heteroatoms. The van der Waals surface area contributed by atoms with Gasteiger partial charge in [0.2, 0.25) is 0 Å². The van der Waals surface area contributed by atoms with E-state index in [1.807, 2.05) is 0 Å². The monoisotopic (exact) mass is 151 g/mol. The second kappa shape index (κ2) is 4.36. The summed E-state index contributed by atoms with van der Waals surface area (Å²) in [7, 11) is -4.61. The smallest absolute Gasteiger partial charge is 0.734 e. The largest absolute Gasteiger partial charge is 1.00 e. The molecule has 38 valence electrons. The third-order valence-electron chi connectivity index (χ3n) is 0.112. The molecule has 0 rings (SSSR count). The van der Waals surface area contributed by atoms with Crippen LogP contribution in [0.4, 0.5) is 0 Å². The quantitative estimate of drug-likeness (QED) is 0.224. The van der Waals surface area contributed by atoms with Gasteiger partial charge in [0.05, 0.1) is 0 Å². The van der Waals surface area contributed by atoms with Crippen LogP contribution >= 0.6 is 0 Å². The summed E-state index contributed by atoms with van der Waals surface area (Å²) < 4.78 is 27.2. The standard InChI is InChI=1S/K.H3NO4S/c;2-1-6(3,4)5/h;1-2H,(H,3,4,5)/q+1;/p-1. The van der Waals surface area contributed by atoms with Crippen LogP contribution in [-0.2, 0) is 10.3 Å². The first-order chi connectivity index (χ1) is 2.56. The number of nitrogens with one attached hydrogen (secondary N) is 1. The summed E-state index contributed by atoms with van der Waals surface area (Å²) in [5.41, 5.74) is 0. The average molecular weight is 151 g/mol. The molecule has 0 bridgehead atoms. The summed E-state index contributed by atoms with van der Waals surface area (Å²) in [6.45, 7) is 0. The van der Waals surface area contributed by atoms with Gasteiger partial charge in [-0.3, -0.25) is 0 Å². The fourth-order valence-electron chi connectivity index (χ4n) is 0. The van der Waals surface area contributed by atoms with E-state index in [4.69, 9.17) is 18.2 Å². The van der Waals surface area contributed by atoms with Crippen LogP contribution in [0.1, 0.15) is 0 Å². The summed E-state index contributed by atoms with van der Waals surface area (Å²) in [6.07, 6.45) is 0. The second-order valence-electron chi connectivity index (χ2n) is 0.545. The molecule has 5 nitrogen and oxygen atoms in total. The van der Waals surface area contributed by atoms with Gasteiger partial charge in [-0.1, -0.05) is 0 Å². The summed E-state index contributed by atoms with van der Waals surface area (Å²) in [6, 6.07) is 0. The maximum Gasteiger partial charge on any atom is 1.00 e. The van der Waals surface area contributed by atoms with Gasteiger partial charge >= 0.3 is 51.4 Å². The fourth-order valence-corrected chi connectivity index (χ4v) is 0. The first kappa shape index (κ1) is 11.3. The van der Waals surface area contributed by atoms with Crippen molar-refractivity contribution in [3.8, 4) is 0 Å². The van der Waals surface area contributed by atoms with Gasteiger partial charge in [0.25, 0.3) is 0 Å². The molecule has 0 unspecified atom stereocenters. The third kappa shape index (κ3) is 11.2. The maximum atomic E-state index is 9.08. The molecule has 7 heavy (non-hydrogen) atoms. The number of hydrogen-bond acceptors (Lipinski definition) is 4. The zero-order valence-electron chi connectivity index (χ0n) is 3.58. The molecule has 0 saturated carbocycles. The molecular weight excluding hydrogens is 149 g/mol. The van der Waals surface area contributed by atoms with Crippen LogP contribution in [0.25, 0.3) is 0 Å². The molecule has 2 N–H and O–H groups in total. The van der Waals surface area contributed by atoms with Gasteiger partial charge in [0, 0.05) is 0 Å². The predicted molar refractivity (Wildman–Crippen MR) is 14.6 cm³/mol. The molecule has 0 saturated heterocycles. The van der Waals surface area contributed by atoms with Crippen LogP contribution in [0.5, 0.6) is 0 Å². The van der Waals surface area contributed by atoms with Crippen LogP contribution in [0.15, 0.2) is 0 Å². The normalized spacial score (nSPS) is 10.0. The van der Waals surface area contributed by atoms with Crippen molar-refractivity contribution in [1.82, 2.24) is 4.89 Å². The van der Waals surface area contributed by atoms with Crippen molar-refractivity contribution in [2.45, 2.75) is 0 Å². The van der Waals surface area contributed by atoms with Crippen molar-refractivity contribution < 1.29 is 69.6 Å². The Morgan fingerprint density at radius 3 is 1.71 bits per heavy atom. The van der Waals surface area contributed by atoms with Gasteiger partial charge in [0.1, 0.15) is 0 Å². The first-order valence-corrected chi connectivity index (χ1v) is 2.34. The summed E-state index contributed by atoms with van der Waals surface area (Å²) in [5, 5.41) is 7.25. The van der Waals surface area contributed by atoms with Gasteiger partial charge in [-0.05, 0) is 0 Å². The van der Waals surface area contributed by atoms with Crippen molar-refractivity contribution in [3.05, 3.63) is 0 Å². The van der Waals surface area contributed by atoms with E-state index >= 15 is 0 Å². The molecule has 0 fully saturated rings. The van der Waals surface area contributed by atoms with Crippen molar-refractivity contribution in [2.75, 3.05) is 0 Å². The van der Waals surface area contributed by atoms with Gasteiger partial charge in [-0.15, -0.1) is 4.89 Å². The Bertz CT molecular complexity index is 114. The van der Waals surface area contributed by atoms with Gasteiger partial charge in [-0.25, -0.2) is 8.42 Å². The molecule has 0 atom stereocenters. The number of hydrogen-bond donors (Lipinski definition) is 2. The van der Waals surface area contributed by atoms with Crippen LogP contribution in [0.3, 0.4) is 0 Å². The summed E-state index contributed by atoms with van der Waals surface area (Å²) >= 11 is 0. The van der Waals surface area contributed by atoms with Gasteiger partial charge < -0.3 is 9.76 Å². The molecule has 0 spiro atoms. The molecule has 0 amide bonds. The Kier molecular flexibility index (Phi) is 7.02. The molecule has 0 aromatic carbocycles. The zero-order valence-corrected chi connectivity index (χ0v) is 7.52. The fraction of sp³-hybridized carbons (Fsp3) is 0. The van der Waals surface area contributed by atoms with Crippen molar-refractivity contribution in [2.24, 2.45) is 0 Å². The zero-order chi connectivity index (χ0) is 5.21. The van der Waals surface area contributed by atoms with E-state index in [1.54, 1.807) is 0 Å². The molecule has 0 aromatic rings. The minimum Gasteiger partial charge on any atom is -0.734 e. The molecule has 0 aromatic heterocycles. The number of rotatable bonds is 1. The average Bonchev–Trinajstić information content (AvgIpc) is 1.35. The topological polar surface area (TPSA) is 89.5 Å². The Morgan fingerprint density at radius 1 is 1.57 bits per heavy atom. The van der Waals surface area contributed by atoms with Crippen LogP contribution in [0, 0.1) is 0 Å². The van der Waals surface area contributed by atoms with E-state index in [1.165, 1.54) is 0 Å². The Hall–Kier alpha value is 1.47. The summed E-state index contributed by atoms with van der Waals surface area (Å²) in [4.78, 5) is 0.521. The maximum absolute atomic E-state index is 9.08. The Morgan fingerprint density at radius 2 is 1.71 bits per heavy atom. The van der Waals surface area contributed by atoms with Crippen LogP contribution in [0.2, 0.25) is 0 Å². The van der Waals surface area contributed by atoms with E-state index < -0.39 is 10.3 Å². The molecule has 0 heterocycles. The second-order valence-corrected chi connectivity index (χ2v) is 1.64. The molecular formula is H2KNO4S. The van der Waals surface area contributed by atoms with E-state index in [2.05, 4.69) is 0 Å². The Labute approximate surface area is 83.4 Å². The molecule has 0 aliphatic heterocycles. The SMILES string of the molecule is O=S(=O)([O-])NO.[K+]. The molecule has 0 aliphatic rings. The van der Waals surface area contributed by atoms with E-state index in [0.717, 1.165) is 0 Å². The van der Waals surface area contributed by atoms with E-state index in [9.17, 15) is 0 Å². The van der Waals surface area contributed by atoms with E-state index in [0.29, 0.717) is 4.89 Å². The van der Waals surface area contributed by atoms with Gasteiger partial charge in [0.15, 0.2) is 10.3 Å². The van der Waals surface area contributed by atoms with Crippen LogP contribution in [-0.4, -0.2) is 18.2 Å². The summed E-state index contributed by atoms with van der Waals surface area (Å²) in [5.74, 6) is 0. The van der Waals surface area contributed by atoms with Crippen molar-refractivity contribution in [1.29, 1.82) is 0 Å². The van der Waals surface area contributed by atoms with E-state index in [-0.39, 0.29) is 51.4 Å². The van der Waals surface area contributed by atoms with Crippen molar-refractivity contribution >= 4 is 10.3 Å².